The van der Waals surface area contributed by atoms with Gasteiger partial charge in [0.15, 0.2) is 0 Å². The fourth-order valence-corrected chi connectivity index (χ4v) is 5.01. The average Bonchev–Trinajstić information content (AvgIpc) is 2.95. The summed E-state index contributed by atoms with van der Waals surface area (Å²) in [6.07, 6.45) is 0. The third-order valence-electron chi connectivity index (χ3n) is 6.59. The van der Waals surface area contributed by atoms with Gasteiger partial charge in [0, 0.05) is 16.5 Å². The highest BCUT2D eigenvalue weighted by atomic mass is 14.7. The Morgan fingerprint density at radius 2 is 0.829 bits per heavy atom. The van der Waals surface area contributed by atoms with Gasteiger partial charge in [0.2, 0.25) is 0 Å². The molecule has 0 saturated heterocycles. The largest absolute Gasteiger partial charge is 0.250 e. The number of hydrogen-bond acceptors (Lipinski definition) is 1. The maximum atomic E-state index is 5.50. The van der Waals surface area contributed by atoms with Gasteiger partial charge in [-0.25, -0.2) is 0 Å². The van der Waals surface area contributed by atoms with Crippen LogP contribution < -0.4 is 0 Å². The number of hydrogen-bond donors (Lipinski definition) is 0. The van der Waals surface area contributed by atoms with E-state index < -0.39 is 0 Å². The van der Waals surface area contributed by atoms with Gasteiger partial charge in [-0.2, -0.15) is 0 Å². The summed E-state index contributed by atoms with van der Waals surface area (Å²) in [7, 11) is 0. The SMILES string of the molecule is c1ccc(-c2nc(C(c3ccccc3)c3ccccc3)c3ccccc3c2-c2ccccc2)cc1. The third kappa shape index (κ3) is 4.02. The van der Waals surface area contributed by atoms with Gasteiger partial charge in [-0.15, -0.1) is 0 Å². The van der Waals surface area contributed by atoms with Crippen molar-refractivity contribution in [1.82, 2.24) is 4.98 Å². The van der Waals surface area contributed by atoms with E-state index in [9.17, 15) is 0 Å². The van der Waals surface area contributed by atoms with Crippen molar-refractivity contribution in [3.8, 4) is 22.4 Å². The monoisotopic (exact) mass is 447 g/mol. The fourth-order valence-electron chi connectivity index (χ4n) is 5.01. The van der Waals surface area contributed by atoms with Crippen molar-refractivity contribution in [2.24, 2.45) is 0 Å². The minimum atomic E-state index is 0.0228. The second-order valence-corrected chi connectivity index (χ2v) is 8.75. The lowest BCUT2D eigenvalue weighted by molar-refractivity contribution is 0.936. The Balaban J connectivity index is 1.73. The van der Waals surface area contributed by atoms with E-state index in [1.54, 1.807) is 0 Å². The molecule has 0 aliphatic carbocycles. The van der Waals surface area contributed by atoms with Gasteiger partial charge in [0.25, 0.3) is 0 Å². The minimum absolute atomic E-state index is 0.0228. The molecule has 1 nitrogen and oxygen atoms in total. The van der Waals surface area contributed by atoms with Crippen molar-refractivity contribution >= 4 is 10.8 Å². The van der Waals surface area contributed by atoms with Crippen LogP contribution in [0.25, 0.3) is 33.2 Å². The second-order valence-electron chi connectivity index (χ2n) is 8.75. The normalized spacial score (nSPS) is 11.1. The molecule has 1 heteroatoms. The lowest BCUT2D eigenvalue weighted by atomic mass is 9.84. The lowest BCUT2D eigenvalue weighted by Crippen LogP contribution is -2.08. The van der Waals surface area contributed by atoms with Crippen molar-refractivity contribution in [2.75, 3.05) is 0 Å². The van der Waals surface area contributed by atoms with E-state index >= 15 is 0 Å². The molecule has 0 fully saturated rings. The molecule has 6 rings (SSSR count). The molecule has 0 saturated carbocycles. The van der Waals surface area contributed by atoms with Gasteiger partial charge >= 0.3 is 0 Å². The predicted molar refractivity (Wildman–Crippen MR) is 146 cm³/mol. The summed E-state index contributed by atoms with van der Waals surface area (Å²) in [5.41, 5.74) is 8.05. The fraction of sp³-hybridized carbons (Fsp3) is 0.0294. The van der Waals surface area contributed by atoms with E-state index in [1.807, 2.05) is 0 Å². The summed E-state index contributed by atoms with van der Waals surface area (Å²) >= 11 is 0. The molecule has 35 heavy (non-hydrogen) atoms. The standard InChI is InChI=1S/C34H25N/c1-5-15-25(16-6-1)31(26-17-7-2-8-18-26)34-30-24-14-13-23-29(30)32(27-19-9-3-10-20-27)33(35-34)28-21-11-4-12-22-28/h1-24,31H. The summed E-state index contributed by atoms with van der Waals surface area (Å²) < 4.78 is 0. The number of pyridine rings is 1. The van der Waals surface area contributed by atoms with Crippen LogP contribution in [-0.2, 0) is 0 Å². The molecular formula is C34H25N. The van der Waals surface area contributed by atoms with Crippen LogP contribution in [0.1, 0.15) is 22.7 Å². The Hall–Kier alpha value is -4.49. The summed E-state index contributed by atoms with van der Waals surface area (Å²) in [6.45, 7) is 0. The summed E-state index contributed by atoms with van der Waals surface area (Å²) in [4.78, 5) is 5.50. The highest BCUT2D eigenvalue weighted by molar-refractivity contribution is 6.04. The van der Waals surface area contributed by atoms with E-state index in [4.69, 9.17) is 4.98 Å². The zero-order valence-corrected chi connectivity index (χ0v) is 19.4. The van der Waals surface area contributed by atoms with Crippen molar-refractivity contribution in [2.45, 2.75) is 5.92 Å². The molecular weight excluding hydrogens is 422 g/mol. The lowest BCUT2D eigenvalue weighted by Gasteiger charge is -2.23. The molecule has 0 aliphatic rings. The first-order valence-corrected chi connectivity index (χ1v) is 12.0. The molecule has 6 aromatic rings. The van der Waals surface area contributed by atoms with Crippen molar-refractivity contribution in [3.05, 3.63) is 162 Å². The highest BCUT2D eigenvalue weighted by Crippen LogP contribution is 2.42. The smallest absolute Gasteiger partial charge is 0.0790 e. The zero-order valence-electron chi connectivity index (χ0n) is 19.4. The molecule has 1 aromatic heterocycles. The van der Waals surface area contributed by atoms with Crippen molar-refractivity contribution in [1.29, 1.82) is 0 Å². The molecule has 1 heterocycles. The van der Waals surface area contributed by atoms with Gasteiger partial charge < -0.3 is 0 Å². The van der Waals surface area contributed by atoms with Gasteiger partial charge in [-0.3, -0.25) is 4.98 Å². The Bertz CT molecular complexity index is 1520. The average molecular weight is 448 g/mol. The third-order valence-corrected chi connectivity index (χ3v) is 6.59. The molecule has 0 radical (unpaired) electrons. The van der Waals surface area contributed by atoms with Crippen LogP contribution in [0, 0.1) is 0 Å². The Morgan fingerprint density at radius 1 is 0.400 bits per heavy atom. The van der Waals surface area contributed by atoms with E-state index in [2.05, 4.69) is 146 Å². The molecule has 166 valence electrons. The Morgan fingerprint density at radius 3 is 1.37 bits per heavy atom. The Kier molecular flexibility index (Phi) is 5.66. The molecule has 0 amide bonds. The number of benzene rings is 5. The maximum Gasteiger partial charge on any atom is 0.0790 e. The highest BCUT2D eigenvalue weighted by Gasteiger charge is 2.24. The first kappa shape index (κ1) is 21.1. The number of aromatic nitrogens is 1. The Labute approximate surface area is 206 Å². The second kappa shape index (κ2) is 9.40. The van der Waals surface area contributed by atoms with E-state index in [-0.39, 0.29) is 5.92 Å². The van der Waals surface area contributed by atoms with Crippen LogP contribution in [0.3, 0.4) is 0 Å². The van der Waals surface area contributed by atoms with Gasteiger partial charge in [0.05, 0.1) is 17.3 Å². The molecule has 5 aromatic carbocycles. The number of rotatable bonds is 5. The minimum Gasteiger partial charge on any atom is -0.250 e. The van der Waals surface area contributed by atoms with Crippen LogP contribution in [0.15, 0.2) is 146 Å². The zero-order chi connectivity index (χ0) is 23.5. The molecule has 0 spiro atoms. The molecule has 0 aliphatic heterocycles. The predicted octanol–water partition coefficient (Wildman–Crippen LogP) is 8.75. The van der Waals surface area contributed by atoms with E-state index in [0.29, 0.717) is 0 Å². The summed E-state index contributed by atoms with van der Waals surface area (Å²) in [5.74, 6) is 0.0228. The molecule has 0 bridgehead atoms. The summed E-state index contributed by atoms with van der Waals surface area (Å²) in [6, 6.07) is 51.4. The molecule has 0 unspecified atom stereocenters. The number of fused-ring (bicyclic) bond motifs is 1. The van der Waals surface area contributed by atoms with Gasteiger partial charge in [-0.05, 0) is 22.1 Å². The van der Waals surface area contributed by atoms with Crippen LogP contribution >= 0.6 is 0 Å². The quantitative estimate of drug-likeness (QED) is 0.257. The molecule has 0 atom stereocenters. The van der Waals surface area contributed by atoms with Crippen molar-refractivity contribution < 1.29 is 0 Å². The maximum absolute atomic E-state index is 5.50. The van der Waals surface area contributed by atoms with Crippen molar-refractivity contribution in [3.63, 3.8) is 0 Å². The van der Waals surface area contributed by atoms with Gasteiger partial charge in [0.1, 0.15) is 0 Å². The van der Waals surface area contributed by atoms with E-state index in [0.717, 1.165) is 17.0 Å². The van der Waals surface area contributed by atoms with E-state index in [1.165, 1.54) is 33.0 Å². The van der Waals surface area contributed by atoms with Crippen LogP contribution in [0.4, 0.5) is 0 Å². The van der Waals surface area contributed by atoms with Gasteiger partial charge in [-0.1, -0.05) is 146 Å². The summed E-state index contributed by atoms with van der Waals surface area (Å²) in [5, 5.41) is 2.41. The van der Waals surface area contributed by atoms with Crippen LogP contribution in [0.5, 0.6) is 0 Å². The first-order valence-electron chi connectivity index (χ1n) is 12.0. The topological polar surface area (TPSA) is 12.9 Å². The van der Waals surface area contributed by atoms with Crippen LogP contribution in [0.2, 0.25) is 0 Å². The number of nitrogens with zero attached hydrogens (tertiary/aromatic N) is 1. The molecule has 0 N–H and O–H groups in total. The van der Waals surface area contributed by atoms with Crippen LogP contribution in [-0.4, -0.2) is 4.98 Å². The first-order chi connectivity index (χ1) is 17.4.